The molecular formula is C27H25NO5. The monoisotopic (exact) mass is 443 g/mol. The fraction of sp³-hybridized carbons (Fsp3) is 0.185. The Morgan fingerprint density at radius 2 is 1.70 bits per heavy atom. The van der Waals surface area contributed by atoms with E-state index in [4.69, 9.17) is 4.74 Å². The zero-order valence-electron chi connectivity index (χ0n) is 18.3. The number of hydrogen-bond donors (Lipinski definition) is 2. The summed E-state index contributed by atoms with van der Waals surface area (Å²) in [5.74, 6) is -1.06. The minimum Gasteiger partial charge on any atom is -0.508 e. The van der Waals surface area contributed by atoms with E-state index in [1.165, 1.54) is 17.0 Å². The van der Waals surface area contributed by atoms with E-state index in [0.29, 0.717) is 23.5 Å². The lowest BCUT2D eigenvalue weighted by molar-refractivity contribution is -0.140. The minimum absolute atomic E-state index is 0.00947. The average Bonchev–Trinajstić information content (AvgIpc) is 3.08. The SMILES string of the molecule is CCCOc1ccc(/C(O)=C2\C(=O)C(=O)N(Cc3ccccc3)C2c2cccc(O)c2)cc1. The van der Waals surface area contributed by atoms with Gasteiger partial charge in [-0.05, 0) is 53.9 Å². The second-order valence-corrected chi connectivity index (χ2v) is 7.88. The molecule has 3 aromatic rings. The number of nitrogens with zero attached hydrogens (tertiary/aromatic N) is 1. The van der Waals surface area contributed by atoms with Crippen LogP contribution in [0.15, 0.2) is 84.4 Å². The van der Waals surface area contributed by atoms with Gasteiger partial charge in [-0.3, -0.25) is 9.59 Å². The number of benzene rings is 3. The topological polar surface area (TPSA) is 87.1 Å². The van der Waals surface area contributed by atoms with E-state index in [1.54, 1.807) is 36.4 Å². The zero-order valence-corrected chi connectivity index (χ0v) is 18.3. The van der Waals surface area contributed by atoms with E-state index in [1.807, 2.05) is 37.3 Å². The van der Waals surface area contributed by atoms with Crippen molar-refractivity contribution in [1.82, 2.24) is 4.90 Å². The molecule has 0 bridgehead atoms. The lowest BCUT2D eigenvalue weighted by Crippen LogP contribution is -2.29. The maximum absolute atomic E-state index is 13.1. The van der Waals surface area contributed by atoms with Crippen LogP contribution >= 0.6 is 0 Å². The van der Waals surface area contributed by atoms with E-state index in [2.05, 4.69) is 0 Å². The normalized spacial score (nSPS) is 17.4. The number of carbonyl (C=O) groups excluding carboxylic acids is 2. The van der Waals surface area contributed by atoms with Crippen molar-refractivity contribution < 1.29 is 24.5 Å². The van der Waals surface area contributed by atoms with Crippen molar-refractivity contribution in [3.8, 4) is 11.5 Å². The first kappa shape index (κ1) is 22.1. The molecule has 1 unspecified atom stereocenters. The predicted octanol–water partition coefficient (Wildman–Crippen LogP) is 4.80. The van der Waals surface area contributed by atoms with Gasteiger partial charge < -0.3 is 19.8 Å². The third-order valence-corrected chi connectivity index (χ3v) is 5.52. The highest BCUT2D eigenvalue weighted by molar-refractivity contribution is 6.46. The van der Waals surface area contributed by atoms with Crippen LogP contribution in [-0.2, 0) is 16.1 Å². The van der Waals surface area contributed by atoms with Crippen molar-refractivity contribution in [2.45, 2.75) is 25.9 Å². The Morgan fingerprint density at radius 1 is 0.970 bits per heavy atom. The molecule has 0 spiro atoms. The smallest absolute Gasteiger partial charge is 0.295 e. The summed E-state index contributed by atoms with van der Waals surface area (Å²) in [7, 11) is 0. The number of ketones is 1. The molecule has 0 aromatic heterocycles. The highest BCUT2D eigenvalue weighted by Gasteiger charge is 2.46. The lowest BCUT2D eigenvalue weighted by atomic mass is 9.95. The number of phenols is 1. The molecule has 3 aromatic carbocycles. The summed E-state index contributed by atoms with van der Waals surface area (Å²) >= 11 is 0. The number of ether oxygens (including phenoxy) is 1. The molecule has 1 atom stereocenters. The van der Waals surface area contributed by atoms with Crippen LogP contribution < -0.4 is 4.74 Å². The standard InChI is InChI=1S/C27H25NO5/c1-2-15-33-22-13-11-19(12-14-22)25(30)23-24(20-9-6-10-21(29)16-20)28(27(32)26(23)31)17-18-7-4-3-5-8-18/h3-14,16,24,29-30H,2,15,17H2,1H3/b25-23+. The maximum atomic E-state index is 13.1. The maximum Gasteiger partial charge on any atom is 0.295 e. The molecule has 4 rings (SSSR count). The number of Topliss-reactive ketones (excluding diaryl/α,β-unsaturated/α-hetero) is 1. The van der Waals surface area contributed by atoms with Crippen molar-refractivity contribution in [1.29, 1.82) is 0 Å². The molecule has 1 fully saturated rings. The van der Waals surface area contributed by atoms with Gasteiger partial charge in [-0.1, -0.05) is 49.4 Å². The molecule has 1 amide bonds. The van der Waals surface area contributed by atoms with E-state index < -0.39 is 17.7 Å². The second kappa shape index (κ2) is 9.61. The Morgan fingerprint density at radius 3 is 2.36 bits per heavy atom. The summed E-state index contributed by atoms with van der Waals surface area (Å²) in [5, 5.41) is 21.2. The summed E-state index contributed by atoms with van der Waals surface area (Å²) in [6.07, 6.45) is 0.872. The third-order valence-electron chi connectivity index (χ3n) is 5.52. The van der Waals surface area contributed by atoms with Crippen molar-refractivity contribution in [3.63, 3.8) is 0 Å². The van der Waals surface area contributed by atoms with Crippen LogP contribution in [0, 0.1) is 0 Å². The summed E-state index contributed by atoms with van der Waals surface area (Å²) in [6.45, 7) is 2.77. The van der Waals surface area contributed by atoms with Gasteiger partial charge >= 0.3 is 0 Å². The quantitative estimate of drug-likeness (QED) is 0.311. The van der Waals surface area contributed by atoms with Gasteiger partial charge in [-0.25, -0.2) is 0 Å². The van der Waals surface area contributed by atoms with Gasteiger partial charge in [0.1, 0.15) is 17.3 Å². The van der Waals surface area contributed by atoms with Gasteiger partial charge in [-0.2, -0.15) is 0 Å². The zero-order chi connectivity index (χ0) is 23.4. The van der Waals surface area contributed by atoms with Crippen LogP contribution in [0.4, 0.5) is 0 Å². The van der Waals surface area contributed by atoms with Crippen LogP contribution in [0.5, 0.6) is 11.5 Å². The number of likely N-dealkylation sites (tertiary alicyclic amines) is 1. The molecular weight excluding hydrogens is 418 g/mol. The van der Waals surface area contributed by atoms with Crippen LogP contribution in [0.1, 0.15) is 36.1 Å². The first-order valence-corrected chi connectivity index (χ1v) is 10.8. The molecule has 1 saturated heterocycles. The molecule has 0 radical (unpaired) electrons. The van der Waals surface area contributed by atoms with Gasteiger partial charge in [0, 0.05) is 12.1 Å². The van der Waals surface area contributed by atoms with Crippen molar-refractivity contribution in [2.24, 2.45) is 0 Å². The van der Waals surface area contributed by atoms with Gasteiger partial charge in [0.25, 0.3) is 11.7 Å². The van der Waals surface area contributed by atoms with Crippen molar-refractivity contribution in [2.75, 3.05) is 6.61 Å². The fourth-order valence-corrected chi connectivity index (χ4v) is 3.95. The van der Waals surface area contributed by atoms with Crippen molar-refractivity contribution >= 4 is 17.4 Å². The number of aliphatic hydroxyl groups excluding tert-OH is 1. The molecule has 1 aliphatic rings. The summed E-state index contributed by atoms with van der Waals surface area (Å²) in [6, 6.07) is 21.6. The third kappa shape index (κ3) is 4.60. The molecule has 2 N–H and O–H groups in total. The molecule has 1 aliphatic heterocycles. The molecule has 6 heteroatoms. The van der Waals surface area contributed by atoms with Gasteiger partial charge in [0.05, 0.1) is 18.2 Å². The number of hydrogen-bond acceptors (Lipinski definition) is 5. The van der Waals surface area contributed by atoms with E-state index >= 15 is 0 Å². The number of amides is 1. The van der Waals surface area contributed by atoms with E-state index in [0.717, 1.165) is 12.0 Å². The van der Waals surface area contributed by atoms with Crippen LogP contribution in [0.25, 0.3) is 5.76 Å². The number of carbonyl (C=O) groups is 2. The summed E-state index contributed by atoms with van der Waals surface area (Å²) < 4.78 is 5.59. The number of aromatic hydroxyl groups is 1. The Balaban J connectivity index is 1.79. The average molecular weight is 443 g/mol. The molecule has 0 saturated carbocycles. The van der Waals surface area contributed by atoms with Crippen LogP contribution in [0.3, 0.4) is 0 Å². The molecule has 1 heterocycles. The van der Waals surface area contributed by atoms with Crippen LogP contribution in [-0.4, -0.2) is 33.4 Å². The highest BCUT2D eigenvalue weighted by atomic mass is 16.5. The highest BCUT2D eigenvalue weighted by Crippen LogP contribution is 2.41. The van der Waals surface area contributed by atoms with Gasteiger partial charge in [0.15, 0.2) is 0 Å². The molecule has 33 heavy (non-hydrogen) atoms. The Kier molecular flexibility index (Phi) is 6.45. The molecule has 0 aliphatic carbocycles. The number of rotatable bonds is 7. The number of phenolic OH excluding ortho intramolecular Hbond substituents is 1. The number of aliphatic hydroxyl groups is 1. The minimum atomic E-state index is -0.840. The van der Waals surface area contributed by atoms with Crippen LogP contribution in [0.2, 0.25) is 0 Å². The Labute approximate surface area is 192 Å². The van der Waals surface area contributed by atoms with Gasteiger partial charge in [-0.15, -0.1) is 0 Å². The fourth-order valence-electron chi connectivity index (χ4n) is 3.95. The first-order valence-electron chi connectivity index (χ1n) is 10.8. The van der Waals surface area contributed by atoms with Gasteiger partial charge in [0.2, 0.25) is 0 Å². The molecule has 168 valence electrons. The summed E-state index contributed by atoms with van der Waals surface area (Å²) in [5.41, 5.74) is 1.78. The second-order valence-electron chi connectivity index (χ2n) is 7.88. The lowest BCUT2D eigenvalue weighted by Gasteiger charge is -2.25. The van der Waals surface area contributed by atoms with Crippen molar-refractivity contribution in [3.05, 3.63) is 101 Å². The predicted molar refractivity (Wildman–Crippen MR) is 125 cm³/mol. The molecule has 6 nitrogen and oxygen atoms in total. The largest absolute Gasteiger partial charge is 0.508 e. The first-order chi connectivity index (χ1) is 16.0. The Hall–Kier alpha value is -4.06. The summed E-state index contributed by atoms with van der Waals surface area (Å²) in [4.78, 5) is 27.6. The van der Waals surface area contributed by atoms with E-state index in [-0.39, 0.29) is 23.6 Å². The Bertz CT molecular complexity index is 1180. The van der Waals surface area contributed by atoms with E-state index in [9.17, 15) is 19.8 Å².